The minimum absolute atomic E-state index is 0.243. The SMILES string of the molecule is COCC1CN(COB(O)O)CCN1CC(C)C. The first-order valence-electron chi connectivity index (χ1n) is 6.46. The van der Waals surface area contributed by atoms with Crippen LogP contribution >= 0.6 is 0 Å². The second-order valence-corrected chi connectivity index (χ2v) is 5.20. The zero-order valence-electron chi connectivity index (χ0n) is 11.6. The van der Waals surface area contributed by atoms with Gasteiger partial charge < -0.3 is 19.4 Å². The van der Waals surface area contributed by atoms with Crippen molar-refractivity contribution in [2.75, 3.05) is 46.6 Å². The van der Waals surface area contributed by atoms with E-state index < -0.39 is 7.32 Å². The van der Waals surface area contributed by atoms with Crippen LogP contribution in [0, 0.1) is 5.92 Å². The highest BCUT2D eigenvalue weighted by Gasteiger charge is 2.27. The van der Waals surface area contributed by atoms with Gasteiger partial charge >= 0.3 is 7.32 Å². The van der Waals surface area contributed by atoms with Gasteiger partial charge in [-0.25, -0.2) is 0 Å². The lowest BCUT2D eigenvalue weighted by Crippen LogP contribution is -2.56. The normalized spacial score (nSPS) is 22.7. The van der Waals surface area contributed by atoms with Crippen LogP contribution in [0.15, 0.2) is 0 Å². The topological polar surface area (TPSA) is 65.4 Å². The molecule has 0 aliphatic carbocycles. The molecule has 0 aromatic carbocycles. The van der Waals surface area contributed by atoms with Crippen LogP contribution in [0.1, 0.15) is 13.8 Å². The summed E-state index contributed by atoms with van der Waals surface area (Å²) in [5.41, 5.74) is 0. The summed E-state index contributed by atoms with van der Waals surface area (Å²) in [4.78, 5) is 4.50. The molecule has 1 aliphatic rings. The summed E-state index contributed by atoms with van der Waals surface area (Å²) in [7, 11) is 0.0140. The summed E-state index contributed by atoms with van der Waals surface area (Å²) in [6.07, 6.45) is 0. The molecule has 0 aromatic heterocycles. The van der Waals surface area contributed by atoms with Crippen molar-refractivity contribution >= 4 is 7.32 Å². The highest BCUT2D eigenvalue weighted by molar-refractivity contribution is 6.32. The lowest BCUT2D eigenvalue weighted by molar-refractivity contribution is -0.0150. The molecule has 6 nitrogen and oxygen atoms in total. The van der Waals surface area contributed by atoms with Gasteiger partial charge in [0, 0.05) is 39.3 Å². The number of hydrogen-bond acceptors (Lipinski definition) is 6. The Hall–Kier alpha value is -0.175. The third-order valence-electron chi connectivity index (χ3n) is 3.05. The largest absolute Gasteiger partial charge is 0.634 e. The number of rotatable bonds is 7. The van der Waals surface area contributed by atoms with Gasteiger partial charge in [-0.15, -0.1) is 0 Å². The third kappa shape index (κ3) is 5.64. The zero-order valence-corrected chi connectivity index (χ0v) is 11.6. The fourth-order valence-electron chi connectivity index (χ4n) is 2.31. The van der Waals surface area contributed by atoms with Crippen LogP contribution in [-0.2, 0) is 9.39 Å². The minimum atomic E-state index is -1.69. The molecule has 0 amide bonds. The molecular formula is C11H25BN2O4. The summed E-state index contributed by atoms with van der Waals surface area (Å²) in [6, 6.07) is 0.339. The predicted molar refractivity (Wildman–Crippen MR) is 69.8 cm³/mol. The number of nitrogens with zero attached hydrogens (tertiary/aromatic N) is 2. The standard InChI is InChI=1S/C11H25BN2O4/c1-10(2)6-14-5-4-13(9-18-12(15)16)7-11(14)8-17-3/h10-11,15-16H,4-9H2,1-3H3. The van der Waals surface area contributed by atoms with Crippen molar-refractivity contribution in [3.63, 3.8) is 0 Å². The maximum atomic E-state index is 8.69. The molecule has 18 heavy (non-hydrogen) atoms. The van der Waals surface area contributed by atoms with Crippen LogP contribution in [-0.4, -0.2) is 79.8 Å². The van der Waals surface area contributed by atoms with Gasteiger partial charge in [0.2, 0.25) is 0 Å². The van der Waals surface area contributed by atoms with E-state index in [0.29, 0.717) is 18.6 Å². The van der Waals surface area contributed by atoms with Crippen LogP contribution in [0.25, 0.3) is 0 Å². The summed E-state index contributed by atoms with van der Waals surface area (Å²) < 4.78 is 10.1. The van der Waals surface area contributed by atoms with Crippen molar-refractivity contribution in [1.82, 2.24) is 9.80 Å². The molecule has 1 fully saturated rings. The molecular weight excluding hydrogens is 235 g/mol. The zero-order chi connectivity index (χ0) is 13.5. The van der Waals surface area contributed by atoms with Crippen LogP contribution in [0.2, 0.25) is 0 Å². The molecule has 0 bridgehead atoms. The van der Waals surface area contributed by atoms with E-state index >= 15 is 0 Å². The fraction of sp³-hybridized carbons (Fsp3) is 1.00. The van der Waals surface area contributed by atoms with Gasteiger partial charge in [0.15, 0.2) is 0 Å². The number of piperazine rings is 1. The van der Waals surface area contributed by atoms with Crippen molar-refractivity contribution in [2.24, 2.45) is 5.92 Å². The Morgan fingerprint density at radius 2 is 2.06 bits per heavy atom. The van der Waals surface area contributed by atoms with Crippen molar-refractivity contribution in [1.29, 1.82) is 0 Å². The van der Waals surface area contributed by atoms with Gasteiger partial charge in [0.25, 0.3) is 0 Å². The van der Waals surface area contributed by atoms with Crippen molar-refractivity contribution < 1.29 is 19.4 Å². The first-order valence-corrected chi connectivity index (χ1v) is 6.46. The van der Waals surface area contributed by atoms with E-state index in [1.165, 1.54) is 0 Å². The minimum Gasteiger partial charge on any atom is -0.402 e. The molecule has 0 radical (unpaired) electrons. The third-order valence-corrected chi connectivity index (χ3v) is 3.05. The second kappa shape index (κ2) is 8.09. The highest BCUT2D eigenvalue weighted by Crippen LogP contribution is 2.12. The van der Waals surface area contributed by atoms with E-state index in [0.717, 1.165) is 26.2 Å². The Kier molecular flexibility index (Phi) is 7.14. The summed E-state index contributed by atoms with van der Waals surface area (Å²) >= 11 is 0. The van der Waals surface area contributed by atoms with Crippen molar-refractivity contribution in [2.45, 2.75) is 19.9 Å². The molecule has 0 spiro atoms. The molecule has 1 aliphatic heterocycles. The van der Waals surface area contributed by atoms with E-state index in [2.05, 4.69) is 23.6 Å². The van der Waals surface area contributed by atoms with Gasteiger partial charge in [-0.3, -0.25) is 9.80 Å². The van der Waals surface area contributed by atoms with Crippen LogP contribution in [0.4, 0.5) is 0 Å². The monoisotopic (exact) mass is 260 g/mol. The molecule has 1 rings (SSSR count). The average molecular weight is 260 g/mol. The van der Waals surface area contributed by atoms with Crippen molar-refractivity contribution in [3.8, 4) is 0 Å². The van der Waals surface area contributed by atoms with E-state index in [9.17, 15) is 0 Å². The van der Waals surface area contributed by atoms with Crippen molar-refractivity contribution in [3.05, 3.63) is 0 Å². The predicted octanol–water partition coefficient (Wildman–Crippen LogP) is -0.781. The Labute approximate surface area is 110 Å². The Bertz CT molecular complexity index is 231. The molecule has 1 atom stereocenters. The molecule has 7 heteroatoms. The average Bonchev–Trinajstić information content (AvgIpc) is 2.29. The van der Waals surface area contributed by atoms with Gasteiger partial charge in [-0.1, -0.05) is 13.8 Å². The first-order chi connectivity index (χ1) is 8.52. The van der Waals surface area contributed by atoms with E-state index in [1.807, 2.05) is 0 Å². The number of hydrogen-bond donors (Lipinski definition) is 2. The Morgan fingerprint density at radius 3 is 2.61 bits per heavy atom. The maximum absolute atomic E-state index is 8.69. The lowest BCUT2D eigenvalue weighted by atomic mass is 10.1. The molecule has 106 valence electrons. The van der Waals surface area contributed by atoms with Crippen LogP contribution in [0.3, 0.4) is 0 Å². The summed E-state index contributed by atoms with van der Waals surface area (Å²) in [6.45, 7) is 9.07. The smallest absolute Gasteiger partial charge is 0.402 e. The van der Waals surface area contributed by atoms with E-state index in [4.69, 9.17) is 19.4 Å². The maximum Gasteiger partial charge on any atom is 0.634 e. The fourth-order valence-corrected chi connectivity index (χ4v) is 2.31. The molecule has 2 N–H and O–H groups in total. The lowest BCUT2D eigenvalue weighted by Gasteiger charge is -2.41. The first kappa shape index (κ1) is 15.9. The number of ether oxygens (including phenoxy) is 1. The van der Waals surface area contributed by atoms with Gasteiger partial charge in [0.1, 0.15) is 0 Å². The van der Waals surface area contributed by atoms with E-state index in [1.54, 1.807) is 7.11 Å². The van der Waals surface area contributed by atoms with Crippen LogP contribution < -0.4 is 0 Å². The Balaban J connectivity index is 2.42. The highest BCUT2D eigenvalue weighted by atomic mass is 16.6. The Morgan fingerprint density at radius 1 is 1.33 bits per heavy atom. The molecule has 0 saturated carbocycles. The summed E-state index contributed by atoms with van der Waals surface area (Å²) in [5, 5.41) is 17.4. The van der Waals surface area contributed by atoms with E-state index in [-0.39, 0.29) is 6.73 Å². The van der Waals surface area contributed by atoms with Gasteiger partial charge in [-0.2, -0.15) is 0 Å². The second-order valence-electron chi connectivity index (χ2n) is 5.20. The quantitative estimate of drug-likeness (QED) is 0.585. The molecule has 1 saturated heterocycles. The molecule has 1 heterocycles. The van der Waals surface area contributed by atoms with Gasteiger partial charge in [-0.05, 0) is 5.92 Å². The molecule has 1 unspecified atom stereocenters. The van der Waals surface area contributed by atoms with Crippen LogP contribution in [0.5, 0.6) is 0 Å². The number of methoxy groups -OCH3 is 1. The van der Waals surface area contributed by atoms with Gasteiger partial charge in [0.05, 0.1) is 13.3 Å². The summed E-state index contributed by atoms with van der Waals surface area (Å²) in [5.74, 6) is 0.631. The molecule has 0 aromatic rings.